The third-order valence-electron chi connectivity index (χ3n) is 1.19. The molecule has 0 bridgehead atoms. The zero-order valence-electron chi connectivity index (χ0n) is 6.16. The molecule has 0 heterocycles. The molecule has 0 spiro atoms. The van der Waals surface area contributed by atoms with Gasteiger partial charge in [-0.05, 0) is 0 Å². The van der Waals surface area contributed by atoms with E-state index in [4.69, 9.17) is 0 Å². The summed E-state index contributed by atoms with van der Waals surface area (Å²) in [6.07, 6.45) is 1.45. The molecule has 0 saturated heterocycles. The first-order chi connectivity index (χ1) is 4.62. The van der Waals surface area contributed by atoms with Crippen LogP contribution in [0.4, 0.5) is 8.78 Å². The Morgan fingerprint density at radius 2 is 2.20 bits per heavy atom. The first-order valence-corrected chi connectivity index (χ1v) is 3.32. The first-order valence-electron chi connectivity index (χ1n) is 3.32. The molecule has 0 amide bonds. The Hall–Kier alpha value is -0.440. The van der Waals surface area contributed by atoms with Crippen LogP contribution in [-0.2, 0) is 0 Å². The Bertz CT molecular complexity index is 102. The van der Waals surface area contributed by atoms with Gasteiger partial charge in [-0.25, -0.2) is 8.78 Å². The second-order valence-corrected chi connectivity index (χ2v) is 2.13. The summed E-state index contributed by atoms with van der Waals surface area (Å²) in [6.45, 7) is 5.05. The van der Waals surface area contributed by atoms with Crippen molar-refractivity contribution >= 4 is 0 Å². The minimum Gasteiger partial charge on any atom is -0.308 e. The summed E-state index contributed by atoms with van der Waals surface area (Å²) in [7, 11) is 0. The van der Waals surface area contributed by atoms with Crippen LogP contribution in [0, 0.1) is 0 Å². The average Bonchev–Trinajstić information content (AvgIpc) is 1.89. The summed E-state index contributed by atoms with van der Waals surface area (Å²) in [6, 6.07) is 0. The largest absolute Gasteiger partial charge is 0.308 e. The molecule has 3 heteroatoms. The van der Waals surface area contributed by atoms with Gasteiger partial charge in [-0.1, -0.05) is 13.0 Å². The van der Waals surface area contributed by atoms with Crippen LogP contribution in [0.3, 0.4) is 0 Å². The zero-order chi connectivity index (χ0) is 8.04. The number of nitrogens with one attached hydrogen (secondary N) is 1. The van der Waals surface area contributed by atoms with Gasteiger partial charge in [-0.3, -0.25) is 0 Å². The van der Waals surface area contributed by atoms with E-state index in [-0.39, 0.29) is 13.0 Å². The summed E-state index contributed by atoms with van der Waals surface area (Å²) in [5.74, 6) is -2.57. The fourth-order valence-corrected chi connectivity index (χ4v) is 0.482. The van der Waals surface area contributed by atoms with Crippen LogP contribution in [0.1, 0.15) is 13.3 Å². The minimum absolute atomic E-state index is 0.114. The normalized spacial score (nSPS) is 11.5. The van der Waals surface area contributed by atoms with Crippen molar-refractivity contribution in [2.45, 2.75) is 19.3 Å². The number of halogens is 2. The first kappa shape index (κ1) is 9.56. The minimum atomic E-state index is -2.57. The Balaban J connectivity index is 3.36. The summed E-state index contributed by atoms with van der Waals surface area (Å²) >= 11 is 0. The molecule has 0 aromatic carbocycles. The highest BCUT2D eigenvalue weighted by Crippen LogP contribution is 2.15. The standard InChI is InChI=1S/C7H13F2N/c1-3-5-10-6-7(8,9)4-2/h3,10H,1,4-6H2,2H3. The summed E-state index contributed by atoms with van der Waals surface area (Å²) < 4.78 is 24.8. The lowest BCUT2D eigenvalue weighted by Crippen LogP contribution is -2.31. The van der Waals surface area contributed by atoms with Gasteiger partial charge >= 0.3 is 0 Å². The van der Waals surface area contributed by atoms with E-state index >= 15 is 0 Å². The lowest BCUT2D eigenvalue weighted by molar-refractivity contribution is -0.000669. The number of alkyl halides is 2. The maximum absolute atomic E-state index is 12.4. The van der Waals surface area contributed by atoms with E-state index in [1.54, 1.807) is 6.08 Å². The van der Waals surface area contributed by atoms with Gasteiger partial charge in [0, 0.05) is 13.0 Å². The maximum atomic E-state index is 12.4. The molecule has 10 heavy (non-hydrogen) atoms. The second kappa shape index (κ2) is 4.39. The molecule has 0 unspecified atom stereocenters. The second-order valence-electron chi connectivity index (χ2n) is 2.13. The van der Waals surface area contributed by atoms with Crippen molar-refractivity contribution in [1.29, 1.82) is 0 Å². The highest BCUT2D eigenvalue weighted by atomic mass is 19.3. The molecule has 0 aromatic heterocycles. The van der Waals surface area contributed by atoms with Gasteiger partial charge < -0.3 is 5.32 Å². The van der Waals surface area contributed by atoms with Gasteiger partial charge in [-0.2, -0.15) is 0 Å². The molecule has 0 atom stereocenters. The molecule has 0 aliphatic heterocycles. The van der Waals surface area contributed by atoms with Crippen molar-refractivity contribution in [1.82, 2.24) is 5.32 Å². The Morgan fingerprint density at radius 1 is 1.60 bits per heavy atom. The zero-order valence-corrected chi connectivity index (χ0v) is 6.16. The van der Waals surface area contributed by atoms with Gasteiger partial charge in [0.25, 0.3) is 5.92 Å². The Labute approximate surface area is 60.1 Å². The van der Waals surface area contributed by atoms with Crippen molar-refractivity contribution in [2.75, 3.05) is 13.1 Å². The van der Waals surface area contributed by atoms with E-state index < -0.39 is 5.92 Å². The molecule has 60 valence electrons. The summed E-state index contributed by atoms with van der Waals surface area (Å²) in [5, 5.41) is 2.56. The Morgan fingerprint density at radius 3 is 2.60 bits per heavy atom. The molecule has 0 saturated carbocycles. The number of hydrogen-bond donors (Lipinski definition) is 1. The molecule has 0 aliphatic carbocycles. The monoisotopic (exact) mass is 149 g/mol. The van der Waals surface area contributed by atoms with Crippen LogP contribution in [-0.4, -0.2) is 19.0 Å². The summed E-state index contributed by atoms with van der Waals surface area (Å²) in [5.41, 5.74) is 0. The fourth-order valence-electron chi connectivity index (χ4n) is 0.482. The molecule has 0 radical (unpaired) electrons. The number of rotatable bonds is 5. The lowest BCUT2D eigenvalue weighted by atomic mass is 10.2. The molecule has 0 rings (SSSR count). The average molecular weight is 149 g/mol. The van der Waals surface area contributed by atoms with E-state index in [0.717, 1.165) is 0 Å². The molecule has 0 aliphatic rings. The number of hydrogen-bond acceptors (Lipinski definition) is 1. The van der Waals surface area contributed by atoms with Crippen molar-refractivity contribution in [3.8, 4) is 0 Å². The van der Waals surface area contributed by atoms with Gasteiger partial charge in [0.2, 0.25) is 0 Å². The predicted octanol–water partition coefficient (Wildman–Crippen LogP) is 1.81. The molecule has 1 N–H and O–H groups in total. The molecular formula is C7H13F2N. The van der Waals surface area contributed by atoms with Gasteiger partial charge in [0.05, 0.1) is 6.54 Å². The van der Waals surface area contributed by atoms with Gasteiger partial charge in [0.1, 0.15) is 0 Å². The fraction of sp³-hybridized carbons (Fsp3) is 0.714. The topological polar surface area (TPSA) is 12.0 Å². The van der Waals surface area contributed by atoms with Gasteiger partial charge in [-0.15, -0.1) is 6.58 Å². The van der Waals surface area contributed by atoms with Crippen molar-refractivity contribution in [3.63, 3.8) is 0 Å². The highest BCUT2D eigenvalue weighted by molar-refractivity contribution is 4.73. The SMILES string of the molecule is C=CCNCC(F)(F)CC. The smallest absolute Gasteiger partial charge is 0.260 e. The van der Waals surface area contributed by atoms with E-state index in [1.807, 2.05) is 0 Å². The summed E-state index contributed by atoms with van der Waals surface area (Å²) in [4.78, 5) is 0. The highest BCUT2D eigenvalue weighted by Gasteiger charge is 2.24. The van der Waals surface area contributed by atoms with Crippen LogP contribution in [0.2, 0.25) is 0 Å². The molecule has 0 aromatic rings. The van der Waals surface area contributed by atoms with E-state index in [2.05, 4.69) is 11.9 Å². The Kier molecular flexibility index (Phi) is 4.19. The predicted molar refractivity (Wildman–Crippen MR) is 38.3 cm³/mol. The molecule has 0 fully saturated rings. The molecular weight excluding hydrogens is 136 g/mol. The quantitative estimate of drug-likeness (QED) is 0.464. The van der Waals surface area contributed by atoms with Crippen LogP contribution in [0.5, 0.6) is 0 Å². The third kappa shape index (κ3) is 4.44. The van der Waals surface area contributed by atoms with Crippen molar-refractivity contribution in [2.24, 2.45) is 0 Å². The molecule has 1 nitrogen and oxygen atoms in total. The van der Waals surface area contributed by atoms with Crippen LogP contribution < -0.4 is 5.32 Å². The third-order valence-corrected chi connectivity index (χ3v) is 1.19. The van der Waals surface area contributed by atoms with E-state index in [1.165, 1.54) is 6.92 Å². The van der Waals surface area contributed by atoms with E-state index in [9.17, 15) is 8.78 Å². The van der Waals surface area contributed by atoms with Crippen molar-refractivity contribution < 1.29 is 8.78 Å². The van der Waals surface area contributed by atoms with E-state index in [0.29, 0.717) is 6.54 Å². The van der Waals surface area contributed by atoms with Crippen LogP contribution in [0.25, 0.3) is 0 Å². The van der Waals surface area contributed by atoms with Crippen LogP contribution >= 0.6 is 0 Å². The van der Waals surface area contributed by atoms with Crippen LogP contribution in [0.15, 0.2) is 12.7 Å². The maximum Gasteiger partial charge on any atom is 0.260 e. The van der Waals surface area contributed by atoms with Gasteiger partial charge in [0.15, 0.2) is 0 Å². The lowest BCUT2D eigenvalue weighted by Gasteiger charge is -2.13. The van der Waals surface area contributed by atoms with Crippen molar-refractivity contribution in [3.05, 3.63) is 12.7 Å².